The predicted molar refractivity (Wildman–Crippen MR) is 571 cm³/mol. The van der Waals surface area contributed by atoms with E-state index in [4.69, 9.17) is 9.47 Å². The maximum Gasteiger partial charge on any atom is 0.305 e. The lowest BCUT2D eigenvalue weighted by molar-refractivity contribution is -0.141. The average Bonchev–Trinajstić information content (AvgIpc) is 1.53. The number of fused-ring (bicyclic) bond motifs is 12. The van der Waals surface area contributed by atoms with Gasteiger partial charge in [0.05, 0.1) is 14.2 Å². The van der Waals surface area contributed by atoms with E-state index in [1.165, 1.54) is 260 Å². The van der Waals surface area contributed by atoms with Crippen LogP contribution < -0.4 is 9.80 Å². The number of carbonyl (C=O) groups is 2. The van der Waals surface area contributed by atoms with Crippen molar-refractivity contribution in [2.24, 2.45) is 0 Å². The maximum atomic E-state index is 12.5. The first-order valence-electron chi connectivity index (χ1n) is 48.4. The standard InChI is InChI=1S/C124H120N2O4S4/c1-17-19-21-23-25-91-47-59-113(131-91)81-35-51-95-99-55-43-87(69-109(99)121(7,8)105(95)65-81)125(85-39-29-79(30-40-85)33-61-117(127)129-15)89-45-57-101-97-53-37-83(67-107(97)123(11,12)111(101)71-89)119-103(93-49-27-75(3)63-77(93)5)73-115(133-119)116-74-104(94-50-28-76(4)64-78(94)6)120(134-116)84-38-54-98-102-58-46-90(72-112(102)124(13,14)108(98)68-84)126(86-41-31-80(32-42-86)34-62-118(128)130-16)88-44-56-100-96-52-36-82(66-106(96)122(9,10)110(100)70-88)114-60-48-92(132-114)26-24-22-20-18-2/h27-32,35-60,63-74H,17-26,33-34,61-62H2,1-16H3. The largest absolute Gasteiger partial charge is 0.469 e. The molecule has 4 aliphatic rings. The Morgan fingerprint density at radius 1 is 0.269 bits per heavy atom. The van der Waals surface area contributed by atoms with Gasteiger partial charge in [-0.1, -0.05) is 252 Å². The number of hydrogen-bond acceptors (Lipinski definition) is 10. The van der Waals surface area contributed by atoms with Crippen LogP contribution in [0.2, 0.25) is 0 Å². The van der Waals surface area contributed by atoms with Crippen molar-refractivity contribution >= 4 is 91.4 Å². The molecule has 134 heavy (non-hydrogen) atoms. The molecule has 4 aliphatic carbocycles. The van der Waals surface area contributed by atoms with E-state index in [1.807, 2.05) is 45.3 Å². The summed E-state index contributed by atoms with van der Waals surface area (Å²) in [7, 11) is 2.93. The molecule has 10 heteroatoms. The molecule has 12 aromatic carbocycles. The van der Waals surface area contributed by atoms with Gasteiger partial charge in [0.1, 0.15) is 0 Å². The molecule has 0 amide bonds. The number of carbonyl (C=O) groups excluding carboxylic acids is 2. The van der Waals surface area contributed by atoms with Crippen molar-refractivity contribution in [3.63, 3.8) is 0 Å². The van der Waals surface area contributed by atoms with Crippen LogP contribution in [0.4, 0.5) is 34.1 Å². The van der Waals surface area contributed by atoms with E-state index < -0.39 is 0 Å². The number of aryl methyl sites for hydroxylation is 8. The van der Waals surface area contributed by atoms with Gasteiger partial charge >= 0.3 is 11.9 Å². The summed E-state index contributed by atoms with van der Waals surface area (Å²) in [5.41, 5.74) is 43.3. The van der Waals surface area contributed by atoms with E-state index in [0.29, 0.717) is 25.7 Å². The summed E-state index contributed by atoms with van der Waals surface area (Å²) >= 11 is 7.75. The third-order valence-corrected chi connectivity index (χ3v) is 34.7. The van der Waals surface area contributed by atoms with Crippen LogP contribution >= 0.6 is 45.3 Å². The Hall–Kier alpha value is -12.0. The second-order valence-electron chi connectivity index (χ2n) is 40.1. The molecule has 0 bridgehead atoms. The first-order valence-corrected chi connectivity index (χ1v) is 51.7. The normalized spacial score (nSPS) is 13.9. The number of nitrogens with zero attached hydrogens (tertiary/aromatic N) is 2. The number of benzene rings is 12. The monoisotopic (exact) mass is 1830 g/mol. The van der Waals surface area contributed by atoms with E-state index in [1.54, 1.807) is 0 Å². The van der Waals surface area contributed by atoms with Crippen molar-refractivity contribution in [2.45, 2.75) is 208 Å². The van der Waals surface area contributed by atoms with E-state index in [9.17, 15) is 9.59 Å². The highest BCUT2D eigenvalue weighted by atomic mass is 32.1. The molecular weight excluding hydrogens is 1710 g/mol. The van der Waals surface area contributed by atoms with Crippen LogP contribution in [0.5, 0.6) is 0 Å². The number of rotatable bonds is 29. The first-order chi connectivity index (χ1) is 64.7. The van der Waals surface area contributed by atoms with Crippen molar-refractivity contribution in [3.8, 4) is 118 Å². The minimum absolute atomic E-state index is 0.207. The quantitative estimate of drug-likeness (QED) is 0.0344. The molecular formula is C124H120N2O4S4. The lowest BCUT2D eigenvalue weighted by Crippen LogP contribution is -2.18. The number of esters is 2. The molecule has 0 aliphatic heterocycles. The molecule has 16 aromatic rings. The molecule has 0 saturated carbocycles. The van der Waals surface area contributed by atoms with Crippen molar-refractivity contribution in [1.29, 1.82) is 0 Å². The number of ether oxygens (including phenoxy) is 2. The van der Waals surface area contributed by atoms with Crippen LogP contribution in [-0.2, 0) is 66.4 Å². The van der Waals surface area contributed by atoms with E-state index in [0.717, 1.165) is 58.1 Å². The van der Waals surface area contributed by atoms with Crippen molar-refractivity contribution in [3.05, 3.63) is 355 Å². The van der Waals surface area contributed by atoms with Gasteiger partial charge < -0.3 is 19.3 Å². The molecule has 674 valence electrons. The molecule has 0 atom stereocenters. The molecule has 0 saturated heterocycles. The van der Waals surface area contributed by atoms with Gasteiger partial charge in [-0.2, -0.15) is 0 Å². The van der Waals surface area contributed by atoms with Crippen LogP contribution in [0.1, 0.15) is 221 Å². The number of anilines is 6. The SMILES string of the molecule is CCCCCCc1ccc(-c2ccc3c(c2)C(C)(C)c2cc(N(c4ccc(CCC(=O)OC)cc4)c4ccc5c(c4)C(C)(C)c4cc(-c6sc(-c7cc(-c8ccc(C)cc8C)c(-c8ccc9c(c8)C(C)(C)c8cc(N(c%10ccc(CCC(=O)OC)cc%10)c%10ccc%11c(c%10)C(C)(C)c%10cc(-c%12ccc(CCCCCC)s%12)ccc%10-%11)ccc8-9)s7)cc6-c6ccc(C)cc6C)ccc4-5)ccc2-3)s1. The first kappa shape index (κ1) is 89.8. The molecule has 4 heterocycles. The topological polar surface area (TPSA) is 59.1 Å². The lowest BCUT2D eigenvalue weighted by atomic mass is 9.81. The Kier molecular flexibility index (Phi) is 24.1. The van der Waals surface area contributed by atoms with Gasteiger partial charge in [-0.25, -0.2) is 0 Å². The Balaban J connectivity index is 0.635. The summed E-state index contributed by atoms with van der Waals surface area (Å²) < 4.78 is 10.2. The minimum atomic E-state index is -0.374. The molecule has 4 aromatic heterocycles. The predicted octanol–water partition coefficient (Wildman–Crippen LogP) is 35.5. The lowest BCUT2D eigenvalue weighted by Gasteiger charge is -2.30. The highest BCUT2D eigenvalue weighted by Gasteiger charge is 2.43. The fourth-order valence-electron chi connectivity index (χ4n) is 22.1. The van der Waals surface area contributed by atoms with E-state index >= 15 is 0 Å². The molecule has 0 N–H and O–H groups in total. The fourth-order valence-corrected chi connectivity index (χ4v) is 26.6. The molecule has 0 fully saturated rings. The van der Waals surface area contributed by atoms with Gasteiger partial charge in [0.2, 0.25) is 0 Å². The number of methoxy groups -OCH3 is 2. The zero-order valence-electron chi connectivity index (χ0n) is 80.5. The van der Waals surface area contributed by atoms with Gasteiger partial charge in [-0.15, -0.1) is 45.3 Å². The molecule has 6 nitrogen and oxygen atoms in total. The van der Waals surface area contributed by atoms with Crippen molar-refractivity contribution in [1.82, 2.24) is 0 Å². The maximum absolute atomic E-state index is 12.5. The van der Waals surface area contributed by atoms with Crippen LogP contribution in [0.3, 0.4) is 0 Å². The molecule has 0 spiro atoms. The van der Waals surface area contributed by atoms with Crippen LogP contribution in [0, 0.1) is 27.7 Å². The van der Waals surface area contributed by atoms with Gasteiger partial charge in [0.15, 0.2) is 0 Å². The Bertz CT molecular complexity index is 6860. The third-order valence-electron chi connectivity index (χ3n) is 29.8. The number of hydrogen-bond donors (Lipinski definition) is 0. The summed E-state index contributed by atoms with van der Waals surface area (Å²) in [6, 6.07) is 104. The van der Waals surface area contributed by atoms with E-state index in [-0.39, 0.29) is 33.6 Å². The second kappa shape index (κ2) is 36.0. The Morgan fingerprint density at radius 2 is 0.560 bits per heavy atom. The zero-order chi connectivity index (χ0) is 93.0. The van der Waals surface area contributed by atoms with Crippen LogP contribution in [0.25, 0.3) is 118 Å². The summed E-state index contributed by atoms with van der Waals surface area (Å²) in [5.74, 6) is -0.414. The third kappa shape index (κ3) is 16.4. The van der Waals surface area contributed by atoms with Gasteiger partial charge in [0.25, 0.3) is 0 Å². The van der Waals surface area contributed by atoms with Gasteiger partial charge in [0, 0.05) is 119 Å². The minimum Gasteiger partial charge on any atom is -0.469 e. The summed E-state index contributed by atoms with van der Waals surface area (Å²) in [6.07, 6.45) is 14.3. The summed E-state index contributed by atoms with van der Waals surface area (Å²) in [5, 5.41) is 0. The van der Waals surface area contributed by atoms with Crippen molar-refractivity contribution < 1.29 is 19.1 Å². The summed E-state index contributed by atoms with van der Waals surface area (Å²) in [6.45, 7) is 32.9. The Morgan fingerprint density at radius 3 is 0.873 bits per heavy atom. The van der Waals surface area contributed by atoms with Crippen LogP contribution in [0.15, 0.2) is 267 Å². The Labute approximate surface area is 809 Å². The molecule has 0 radical (unpaired) electrons. The number of thiophene rings is 4. The van der Waals surface area contributed by atoms with E-state index in [2.05, 4.69) is 374 Å². The summed E-state index contributed by atoms with van der Waals surface area (Å²) in [4.78, 5) is 40.5. The fraction of sp³-hybridized carbons (Fsp3) is 0.274. The molecule has 0 unspecified atom stereocenters. The highest BCUT2D eigenvalue weighted by Crippen LogP contribution is 2.60. The second-order valence-corrected chi connectivity index (χ2v) is 44.6. The number of unbranched alkanes of at least 4 members (excludes halogenated alkanes) is 6. The highest BCUT2D eigenvalue weighted by molar-refractivity contribution is 7.26. The van der Waals surface area contributed by atoms with Crippen molar-refractivity contribution in [2.75, 3.05) is 24.0 Å². The van der Waals surface area contributed by atoms with Crippen LogP contribution in [-0.4, -0.2) is 26.2 Å². The van der Waals surface area contributed by atoms with Gasteiger partial charge in [-0.3, -0.25) is 9.59 Å². The molecule has 20 rings (SSSR count). The zero-order valence-corrected chi connectivity index (χ0v) is 83.7. The average molecular weight is 1830 g/mol. The van der Waals surface area contributed by atoms with Gasteiger partial charge in [-0.05, 0) is 344 Å². The smallest absolute Gasteiger partial charge is 0.305 e.